The largest absolute Gasteiger partial charge is 0.493 e. The minimum absolute atomic E-state index is 0.116. The van der Waals surface area contributed by atoms with Crippen molar-refractivity contribution in [2.45, 2.75) is 19.8 Å². The van der Waals surface area contributed by atoms with Crippen molar-refractivity contribution in [3.8, 4) is 5.75 Å². The number of hydrogen-bond donors (Lipinski definition) is 0. The van der Waals surface area contributed by atoms with E-state index in [9.17, 15) is 9.18 Å². The number of rotatable bonds is 6. The number of halogens is 1. The summed E-state index contributed by atoms with van der Waals surface area (Å²) in [7, 11) is 0. The molecule has 0 spiro atoms. The van der Waals surface area contributed by atoms with Crippen LogP contribution in [0.15, 0.2) is 24.3 Å². The lowest BCUT2D eigenvalue weighted by Crippen LogP contribution is -1.99. The van der Waals surface area contributed by atoms with Gasteiger partial charge in [0.1, 0.15) is 5.75 Å². The SMILES string of the molecule is CCC(=O)c1ccc(OCCCF)cc1. The molecule has 0 aliphatic rings. The standard InChI is InChI=1S/C12H15FO2/c1-2-12(14)10-4-6-11(7-5-10)15-9-3-8-13/h4-7H,2-3,8-9H2,1H3. The van der Waals surface area contributed by atoms with E-state index in [4.69, 9.17) is 4.74 Å². The molecule has 0 radical (unpaired) electrons. The van der Waals surface area contributed by atoms with Crippen LogP contribution >= 0.6 is 0 Å². The van der Waals surface area contributed by atoms with Gasteiger partial charge >= 0.3 is 0 Å². The molecule has 1 aromatic carbocycles. The third-order valence-electron chi connectivity index (χ3n) is 2.04. The van der Waals surface area contributed by atoms with Gasteiger partial charge in [0.25, 0.3) is 0 Å². The first kappa shape index (κ1) is 11.7. The summed E-state index contributed by atoms with van der Waals surface area (Å²) in [6.07, 6.45) is 0.900. The molecule has 1 aromatic rings. The van der Waals surface area contributed by atoms with Crippen LogP contribution in [0.1, 0.15) is 30.1 Å². The summed E-state index contributed by atoms with van der Waals surface area (Å²) in [6, 6.07) is 6.94. The number of ether oxygens (including phenoxy) is 1. The second-order valence-corrected chi connectivity index (χ2v) is 3.19. The van der Waals surface area contributed by atoms with Gasteiger partial charge in [-0.25, -0.2) is 0 Å². The Hall–Kier alpha value is -1.38. The zero-order valence-corrected chi connectivity index (χ0v) is 8.83. The molecule has 82 valence electrons. The van der Waals surface area contributed by atoms with Gasteiger partial charge in [0.15, 0.2) is 5.78 Å². The number of alkyl halides is 1. The van der Waals surface area contributed by atoms with Crippen LogP contribution in [0.5, 0.6) is 5.75 Å². The minimum Gasteiger partial charge on any atom is -0.493 e. The summed E-state index contributed by atoms with van der Waals surface area (Å²) in [5, 5.41) is 0. The zero-order valence-electron chi connectivity index (χ0n) is 8.83. The van der Waals surface area contributed by atoms with Crippen LogP contribution in [0, 0.1) is 0 Å². The smallest absolute Gasteiger partial charge is 0.162 e. The van der Waals surface area contributed by atoms with E-state index in [0.717, 1.165) is 0 Å². The Kier molecular flexibility index (Phi) is 4.81. The number of ketones is 1. The third-order valence-corrected chi connectivity index (χ3v) is 2.04. The van der Waals surface area contributed by atoms with Crippen molar-refractivity contribution in [1.29, 1.82) is 0 Å². The predicted octanol–water partition coefficient (Wildman–Crippen LogP) is 3.02. The number of benzene rings is 1. The average Bonchev–Trinajstić information content (AvgIpc) is 2.29. The summed E-state index contributed by atoms with van der Waals surface area (Å²) in [4.78, 5) is 11.3. The highest BCUT2D eigenvalue weighted by Crippen LogP contribution is 2.13. The van der Waals surface area contributed by atoms with Crippen LogP contribution in [0.25, 0.3) is 0 Å². The van der Waals surface area contributed by atoms with E-state index in [0.29, 0.717) is 30.8 Å². The first-order valence-corrected chi connectivity index (χ1v) is 5.10. The van der Waals surface area contributed by atoms with E-state index in [1.807, 2.05) is 6.92 Å². The monoisotopic (exact) mass is 210 g/mol. The van der Waals surface area contributed by atoms with Crippen molar-refractivity contribution in [3.63, 3.8) is 0 Å². The molecule has 15 heavy (non-hydrogen) atoms. The Labute approximate surface area is 89.1 Å². The summed E-state index contributed by atoms with van der Waals surface area (Å²) in [5.41, 5.74) is 0.690. The Morgan fingerprint density at radius 2 is 2.00 bits per heavy atom. The molecule has 0 atom stereocenters. The van der Waals surface area contributed by atoms with Crippen LogP contribution in [-0.4, -0.2) is 19.1 Å². The van der Waals surface area contributed by atoms with Crippen molar-refractivity contribution in [2.24, 2.45) is 0 Å². The molecule has 0 aliphatic heterocycles. The van der Waals surface area contributed by atoms with E-state index in [1.54, 1.807) is 24.3 Å². The van der Waals surface area contributed by atoms with Gasteiger partial charge in [0.2, 0.25) is 0 Å². The molecule has 0 heterocycles. The summed E-state index contributed by atoms with van der Waals surface area (Å²) < 4.78 is 17.1. The molecule has 3 heteroatoms. The predicted molar refractivity (Wildman–Crippen MR) is 57.2 cm³/mol. The van der Waals surface area contributed by atoms with Gasteiger partial charge in [0.05, 0.1) is 13.3 Å². The fourth-order valence-electron chi connectivity index (χ4n) is 1.19. The van der Waals surface area contributed by atoms with E-state index in [-0.39, 0.29) is 12.5 Å². The maximum Gasteiger partial charge on any atom is 0.162 e. The molecule has 0 aliphatic carbocycles. The molecule has 0 fully saturated rings. The summed E-state index contributed by atoms with van der Waals surface area (Å²) in [5.74, 6) is 0.793. The van der Waals surface area contributed by atoms with Gasteiger partial charge in [-0.05, 0) is 24.3 Å². The lowest BCUT2D eigenvalue weighted by molar-refractivity contribution is 0.0988. The van der Waals surface area contributed by atoms with Crippen molar-refractivity contribution < 1.29 is 13.9 Å². The van der Waals surface area contributed by atoms with Crippen LogP contribution in [0.2, 0.25) is 0 Å². The Balaban J connectivity index is 2.52. The van der Waals surface area contributed by atoms with Crippen molar-refractivity contribution >= 4 is 5.78 Å². The van der Waals surface area contributed by atoms with E-state index in [1.165, 1.54) is 0 Å². The van der Waals surface area contributed by atoms with Crippen molar-refractivity contribution in [2.75, 3.05) is 13.3 Å². The Morgan fingerprint density at radius 1 is 1.33 bits per heavy atom. The highest BCUT2D eigenvalue weighted by atomic mass is 19.1. The molecule has 2 nitrogen and oxygen atoms in total. The van der Waals surface area contributed by atoms with E-state index in [2.05, 4.69) is 0 Å². The summed E-state index contributed by atoms with van der Waals surface area (Å²) >= 11 is 0. The van der Waals surface area contributed by atoms with Gasteiger partial charge in [0, 0.05) is 18.4 Å². The van der Waals surface area contributed by atoms with Crippen molar-refractivity contribution in [1.82, 2.24) is 0 Å². The lowest BCUT2D eigenvalue weighted by atomic mass is 10.1. The molecular weight excluding hydrogens is 195 g/mol. The van der Waals surface area contributed by atoms with Gasteiger partial charge in [-0.15, -0.1) is 0 Å². The Bertz CT molecular complexity index is 306. The fourth-order valence-corrected chi connectivity index (χ4v) is 1.19. The lowest BCUT2D eigenvalue weighted by Gasteiger charge is -2.05. The van der Waals surface area contributed by atoms with E-state index < -0.39 is 0 Å². The number of carbonyl (C=O) groups excluding carboxylic acids is 1. The van der Waals surface area contributed by atoms with Gasteiger partial charge in [-0.1, -0.05) is 6.92 Å². The fraction of sp³-hybridized carbons (Fsp3) is 0.417. The quantitative estimate of drug-likeness (QED) is 0.533. The molecule has 0 N–H and O–H groups in total. The molecule has 0 unspecified atom stereocenters. The number of Topliss-reactive ketones (excluding diaryl/α,β-unsaturated/α-hetero) is 1. The van der Waals surface area contributed by atoms with Gasteiger partial charge in [-0.2, -0.15) is 0 Å². The molecular formula is C12H15FO2. The molecule has 0 saturated heterocycles. The molecule has 0 saturated carbocycles. The first-order chi connectivity index (χ1) is 7.27. The van der Waals surface area contributed by atoms with Crippen molar-refractivity contribution in [3.05, 3.63) is 29.8 Å². The maximum atomic E-state index is 11.8. The second-order valence-electron chi connectivity index (χ2n) is 3.19. The van der Waals surface area contributed by atoms with Crippen LogP contribution in [-0.2, 0) is 0 Å². The maximum absolute atomic E-state index is 11.8. The highest BCUT2D eigenvalue weighted by molar-refractivity contribution is 5.95. The molecule has 0 amide bonds. The topological polar surface area (TPSA) is 26.3 Å². The summed E-state index contributed by atoms with van der Waals surface area (Å²) in [6.45, 7) is 1.83. The second kappa shape index (κ2) is 6.17. The van der Waals surface area contributed by atoms with Gasteiger partial charge < -0.3 is 4.74 Å². The van der Waals surface area contributed by atoms with Crippen LogP contribution < -0.4 is 4.74 Å². The minimum atomic E-state index is -0.369. The highest BCUT2D eigenvalue weighted by Gasteiger charge is 2.02. The first-order valence-electron chi connectivity index (χ1n) is 5.10. The zero-order chi connectivity index (χ0) is 11.1. The Morgan fingerprint density at radius 3 is 2.53 bits per heavy atom. The number of hydrogen-bond acceptors (Lipinski definition) is 2. The third kappa shape index (κ3) is 3.70. The molecule has 1 rings (SSSR count). The number of carbonyl (C=O) groups is 1. The molecule has 0 aromatic heterocycles. The normalized spacial score (nSPS) is 10.0. The average molecular weight is 210 g/mol. The van der Waals surface area contributed by atoms with Gasteiger partial charge in [-0.3, -0.25) is 9.18 Å². The van der Waals surface area contributed by atoms with E-state index >= 15 is 0 Å². The van der Waals surface area contributed by atoms with Crippen LogP contribution in [0.4, 0.5) is 4.39 Å². The molecule has 0 bridgehead atoms. The van der Waals surface area contributed by atoms with Crippen LogP contribution in [0.3, 0.4) is 0 Å².